The SMILES string of the molecule is CCN[C@H](C)CNC(=O)c1ccc(NC(=O)Nc2ccccc2)cc1.Cl. The molecular weight excluding hydrogens is 352 g/mol. The van der Waals surface area contributed by atoms with Crippen LogP contribution in [0.25, 0.3) is 0 Å². The van der Waals surface area contributed by atoms with Crippen LogP contribution in [-0.4, -0.2) is 31.1 Å². The van der Waals surface area contributed by atoms with Gasteiger partial charge in [0.25, 0.3) is 5.91 Å². The fourth-order valence-corrected chi connectivity index (χ4v) is 2.29. The molecule has 0 radical (unpaired) electrons. The van der Waals surface area contributed by atoms with Gasteiger partial charge in [-0.1, -0.05) is 25.1 Å². The Hall–Kier alpha value is -2.57. The number of urea groups is 1. The Kier molecular flexibility index (Phi) is 9.19. The van der Waals surface area contributed by atoms with Crippen LogP contribution >= 0.6 is 12.4 Å². The molecule has 0 fully saturated rings. The summed E-state index contributed by atoms with van der Waals surface area (Å²) < 4.78 is 0. The largest absolute Gasteiger partial charge is 0.350 e. The van der Waals surface area contributed by atoms with Gasteiger partial charge in [-0.25, -0.2) is 4.79 Å². The first kappa shape index (κ1) is 21.5. The second-order valence-electron chi connectivity index (χ2n) is 5.69. The number of hydrogen-bond acceptors (Lipinski definition) is 3. The van der Waals surface area contributed by atoms with Gasteiger partial charge in [0.1, 0.15) is 0 Å². The van der Waals surface area contributed by atoms with Gasteiger partial charge in [0, 0.05) is 29.5 Å². The summed E-state index contributed by atoms with van der Waals surface area (Å²) in [5.74, 6) is -0.134. The third-order valence-electron chi connectivity index (χ3n) is 3.56. The maximum atomic E-state index is 12.1. The number of nitrogens with one attached hydrogen (secondary N) is 4. The van der Waals surface area contributed by atoms with E-state index in [0.29, 0.717) is 23.5 Å². The lowest BCUT2D eigenvalue weighted by Gasteiger charge is -2.13. The monoisotopic (exact) mass is 376 g/mol. The minimum atomic E-state index is -0.331. The Balaban J connectivity index is 0.00000338. The number of anilines is 2. The molecule has 0 bridgehead atoms. The van der Waals surface area contributed by atoms with Crippen molar-refractivity contribution in [3.8, 4) is 0 Å². The number of benzene rings is 2. The van der Waals surface area contributed by atoms with Crippen LogP contribution < -0.4 is 21.3 Å². The van der Waals surface area contributed by atoms with Crippen LogP contribution in [0.1, 0.15) is 24.2 Å². The average Bonchev–Trinajstić information content (AvgIpc) is 2.61. The lowest BCUT2D eigenvalue weighted by atomic mass is 10.2. The first-order valence-corrected chi connectivity index (χ1v) is 8.33. The molecule has 140 valence electrons. The molecule has 0 heterocycles. The van der Waals surface area contributed by atoms with Crippen LogP contribution in [0.3, 0.4) is 0 Å². The van der Waals surface area contributed by atoms with Crippen LogP contribution in [0.5, 0.6) is 0 Å². The van der Waals surface area contributed by atoms with Crippen LogP contribution in [0.15, 0.2) is 54.6 Å². The van der Waals surface area contributed by atoms with E-state index < -0.39 is 0 Å². The first-order chi connectivity index (χ1) is 12.1. The zero-order valence-corrected chi connectivity index (χ0v) is 15.7. The smallest absolute Gasteiger partial charge is 0.323 e. The summed E-state index contributed by atoms with van der Waals surface area (Å²) in [5, 5.41) is 11.6. The highest BCUT2D eigenvalue weighted by Crippen LogP contribution is 2.11. The van der Waals surface area contributed by atoms with Crippen molar-refractivity contribution in [2.75, 3.05) is 23.7 Å². The molecule has 0 aliphatic rings. The van der Waals surface area contributed by atoms with Gasteiger partial charge in [0.2, 0.25) is 0 Å². The highest BCUT2D eigenvalue weighted by molar-refractivity contribution is 6.00. The van der Waals surface area contributed by atoms with Crippen molar-refractivity contribution in [2.45, 2.75) is 19.9 Å². The normalized spacial score (nSPS) is 11.0. The zero-order valence-electron chi connectivity index (χ0n) is 14.9. The van der Waals surface area contributed by atoms with Gasteiger partial charge < -0.3 is 21.3 Å². The average molecular weight is 377 g/mol. The fourth-order valence-electron chi connectivity index (χ4n) is 2.29. The van der Waals surface area contributed by atoms with Crippen molar-refractivity contribution in [3.63, 3.8) is 0 Å². The summed E-state index contributed by atoms with van der Waals surface area (Å²) in [5.41, 5.74) is 1.88. The van der Waals surface area contributed by atoms with E-state index in [9.17, 15) is 9.59 Å². The van der Waals surface area contributed by atoms with Gasteiger partial charge in [-0.2, -0.15) is 0 Å². The van der Waals surface area contributed by atoms with Gasteiger partial charge >= 0.3 is 6.03 Å². The van der Waals surface area contributed by atoms with E-state index in [2.05, 4.69) is 21.3 Å². The van der Waals surface area contributed by atoms with E-state index in [1.54, 1.807) is 36.4 Å². The van der Waals surface area contributed by atoms with Crippen molar-refractivity contribution in [3.05, 3.63) is 60.2 Å². The van der Waals surface area contributed by atoms with Crippen molar-refractivity contribution in [1.29, 1.82) is 0 Å². The zero-order chi connectivity index (χ0) is 18.1. The van der Waals surface area contributed by atoms with E-state index in [-0.39, 0.29) is 30.4 Å². The van der Waals surface area contributed by atoms with Gasteiger partial charge in [-0.15, -0.1) is 12.4 Å². The molecule has 2 aromatic carbocycles. The quantitative estimate of drug-likeness (QED) is 0.597. The molecule has 0 aliphatic heterocycles. The highest BCUT2D eigenvalue weighted by atomic mass is 35.5. The molecule has 0 aliphatic carbocycles. The summed E-state index contributed by atoms with van der Waals surface area (Å²) in [7, 11) is 0. The first-order valence-electron chi connectivity index (χ1n) is 8.33. The third kappa shape index (κ3) is 7.13. The van der Waals surface area contributed by atoms with Crippen LogP contribution in [-0.2, 0) is 0 Å². The summed E-state index contributed by atoms with van der Waals surface area (Å²) in [4.78, 5) is 24.0. The minimum absolute atomic E-state index is 0. The summed E-state index contributed by atoms with van der Waals surface area (Å²) in [6, 6.07) is 15.9. The van der Waals surface area contributed by atoms with Crippen molar-refractivity contribution in [2.24, 2.45) is 0 Å². The van der Waals surface area contributed by atoms with Crippen molar-refractivity contribution in [1.82, 2.24) is 10.6 Å². The molecule has 2 rings (SSSR count). The molecule has 0 spiro atoms. The third-order valence-corrected chi connectivity index (χ3v) is 3.56. The maximum Gasteiger partial charge on any atom is 0.323 e. The lowest BCUT2D eigenvalue weighted by molar-refractivity contribution is 0.0950. The van der Waals surface area contributed by atoms with Crippen molar-refractivity contribution >= 4 is 35.7 Å². The summed E-state index contributed by atoms with van der Waals surface area (Å²) in [6.07, 6.45) is 0. The second kappa shape index (κ2) is 11.1. The molecule has 3 amide bonds. The number of hydrogen-bond donors (Lipinski definition) is 4. The van der Waals surface area contributed by atoms with Crippen LogP contribution in [0.2, 0.25) is 0 Å². The number of para-hydroxylation sites is 1. The maximum absolute atomic E-state index is 12.1. The Bertz CT molecular complexity index is 692. The van der Waals surface area contributed by atoms with Gasteiger partial charge in [0.05, 0.1) is 0 Å². The molecule has 6 nitrogen and oxygen atoms in total. The number of likely N-dealkylation sites (N-methyl/N-ethyl adjacent to an activating group) is 1. The van der Waals surface area contributed by atoms with Gasteiger partial charge in [-0.05, 0) is 49.9 Å². The van der Waals surface area contributed by atoms with E-state index in [4.69, 9.17) is 0 Å². The van der Waals surface area contributed by atoms with Crippen molar-refractivity contribution < 1.29 is 9.59 Å². The predicted octanol–water partition coefficient (Wildman–Crippen LogP) is 3.48. The van der Waals surface area contributed by atoms with Gasteiger partial charge in [-0.3, -0.25) is 4.79 Å². The molecule has 0 saturated carbocycles. The molecule has 7 heteroatoms. The number of carbonyl (C=O) groups excluding carboxylic acids is 2. The molecule has 4 N–H and O–H groups in total. The molecule has 0 unspecified atom stereocenters. The van der Waals surface area contributed by atoms with Crippen LogP contribution in [0.4, 0.5) is 16.2 Å². The Morgan fingerprint density at radius 2 is 1.50 bits per heavy atom. The van der Waals surface area contributed by atoms with E-state index in [1.165, 1.54) is 0 Å². The summed E-state index contributed by atoms with van der Waals surface area (Å²) >= 11 is 0. The number of amides is 3. The molecule has 1 atom stereocenters. The Morgan fingerprint density at radius 1 is 0.923 bits per heavy atom. The minimum Gasteiger partial charge on any atom is -0.350 e. The van der Waals surface area contributed by atoms with E-state index in [1.807, 2.05) is 32.0 Å². The number of carbonyl (C=O) groups is 2. The molecular formula is C19H25ClN4O2. The fraction of sp³-hybridized carbons (Fsp3) is 0.263. The number of rotatable bonds is 7. The van der Waals surface area contributed by atoms with Crippen LogP contribution in [0, 0.1) is 0 Å². The molecule has 2 aromatic rings. The van der Waals surface area contributed by atoms with E-state index in [0.717, 1.165) is 6.54 Å². The standard InChI is InChI=1S/C19H24N4O2.ClH/c1-3-20-14(2)13-21-18(24)15-9-11-17(12-10-15)23-19(25)22-16-7-5-4-6-8-16;/h4-12,14,20H,3,13H2,1-2H3,(H,21,24)(H2,22,23,25);1H/t14-;/m1./s1. The number of halogens is 1. The van der Waals surface area contributed by atoms with Gasteiger partial charge in [0.15, 0.2) is 0 Å². The Labute approximate surface area is 160 Å². The topological polar surface area (TPSA) is 82.3 Å². The lowest BCUT2D eigenvalue weighted by Crippen LogP contribution is -2.38. The predicted molar refractivity (Wildman–Crippen MR) is 108 cm³/mol. The molecule has 0 saturated heterocycles. The molecule has 26 heavy (non-hydrogen) atoms. The van der Waals surface area contributed by atoms with E-state index >= 15 is 0 Å². The second-order valence-corrected chi connectivity index (χ2v) is 5.69. The summed E-state index contributed by atoms with van der Waals surface area (Å²) in [6.45, 7) is 5.47. The molecule has 0 aromatic heterocycles. The Morgan fingerprint density at radius 3 is 2.08 bits per heavy atom. The highest BCUT2D eigenvalue weighted by Gasteiger charge is 2.08.